The van der Waals surface area contributed by atoms with E-state index in [2.05, 4.69) is 15.3 Å². The van der Waals surface area contributed by atoms with E-state index in [1.807, 2.05) is 13.0 Å². The predicted molar refractivity (Wildman–Crippen MR) is 69.4 cm³/mol. The molecule has 1 amide bonds. The van der Waals surface area contributed by atoms with E-state index >= 15 is 0 Å². The summed E-state index contributed by atoms with van der Waals surface area (Å²) in [6.07, 6.45) is 4.82. The van der Waals surface area contributed by atoms with Crippen molar-refractivity contribution in [1.82, 2.24) is 9.97 Å². The van der Waals surface area contributed by atoms with Crippen LogP contribution in [0.1, 0.15) is 15.9 Å². The van der Waals surface area contributed by atoms with Crippen molar-refractivity contribution in [2.24, 2.45) is 5.73 Å². The first-order valence-electron chi connectivity index (χ1n) is 5.30. The van der Waals surface area contributed by atoms with Crippen molar-refractivity contribution in [3.05, 3.63) is 41.9 Å². The molecule has 0 radical (unpaired) electrons. The molecule has 2 aromatic rings. The van der Waals surface area contributed by atoms with E-state index in [1.165, 1.54) is 12.3 Å². The highest BCUT2D eigenvalue weighted by molar-refractivity contribution is 5.99. The van der Waals surface area contributed by atoms with Crippen molar-refractivity contribution in [2.75, 3.05) is 11.1 Å². The number of anilines is 3. The molecule has 0 saturated carbocycles. The van der Waals surface area contributed by atoms with Crippen LogP contribution >= 0.6 is 0 Å². The molecule has 5 N–H and O–H groups in total. The Labute approximate surface area is 104 Å². The number of pyridine rings is 2. The molecule has 0 aliphatic heterocycles. The topological polar surface area (TPSA) is 107 Å². The standard InChI is InChI=1S/C12H13N5O/c1-7-2-9(6-15-4-7)17-12-10(11(14)18)3-8(13)5-16-12/h2-6H,13H2,1H3,(H2,14,18)(H,16,17). The van der Waals surface area contributed by atoms with Crippen LogP contribution in [0.2, 0.25) is 0 Å². The zero-order valence-electron chi connectivity index (χ0n) is 9.84. The van der Waals surface area contributed by atoms with E-state index in [9.17, 15) is 4.79 Å². The highest BCUT2D eigenvalue weighted by atomic mass is 16.1. The molecule has 0 aliphatic rings. The van der Waals surface area contributed by atoms with Gasteiger partial charge in [0.05, 0.1) is 29.3 Å². The van der Waals surface area contributed by atoms with E-state index in [4.69, 9.17) is 11.5 Å². The number of aromatic nitrogens is 2. The monoisotopic (exact) mass is 243 g/mol. The fourth-order valence-electron chi connectivity index (χ4n) is 1.53. The lowest BCUT2D eigenvalue weighted by Crippen LogP contribution is -2.14. The highest BCUT2D eigenvalue weighted by Gasteiger charge is 2.10. The van der Waals surface area contributed by atoms with Gasteiger partial charge in [0.25, 0.3) is 5.91 Å². The number of hydrogen-bond acceptors (Lipinski definition) is 5. The minimum atomic E-state index is -0.585. The molecular weight excluding hydrogens is 230 g/mol. The smallest absolute Gasteiger partial charge is 0.252 e. The maximum atomic E-state index is 11.3. The molecule has 0 fully saturated rings. The number of hydrogen-bond donors (Lipinski definition) is 3. The number of aryl methyl sites for hydroxylation is 1. The molecule has 92 valence electrons. The number of primary amides is 1. The molecule has 2 heterocycles. The van der Waals surface area contributed by atoms with Crippen LogP contribution in [0.4, 0.5) is 17.2 Å². The average molecular weight is 243 g/mol. The van der Waals surface area contributed by atoms with Crippen LogP contribution in [0.15, 0.2) is 30.7 Å². The molecular formula is C12H13N5O. The maximum absolute atomic E-state index is 11.3. The van der Waals surface area contributed by atoms with Gasteiger partial charge in [0.1, 0.15) is 5.82 Å². The highest BCUT2D eigenvalue weighted by Crippen LogP contribution is 2.20. The van der Waals surface area contributed by atoms with Crippen LogP contribution in [0, 0.1) is 6.92 Å². The summed E-state index contributed by atoms with van der Waals surface area (Å²) in [7, 11) is 0. The Kier molecular flexibility index (Phi) is 3.09. The van der Waals surface area contributed by atoms with Crippen molar-refractivity contribution in [1.29, 1.82) is 0 Å². The van der Waals surface area contributed by atoms with Crippen molar-refractivity contribution >= 4 is 23.1 Å². The van der Waals surface area contributed by atoms with Gasteiger partial charge in [-0.1, -0.05) is 0 Å². The Morgan fingerprint density at radius 1 is 1.28 bits per heavy atom. The van der Waals surface area contributed by atoms with E-state index in [0.717, 1.165) is 11.3 Å². The fraction of sp³-hybridized carbons (Fsp3) is 0.0833. The molecule has 6 nitrogen and oxygen atoms in total. The number of nitrogens with zero attached hydrogens (tertiary/aromatic N) is 2. The van der Waals surface area contributed by atoms with E-state index in [-0.39, 0.29) is 5.56 Å². The van der Waals surface area contributed by atoms with Crippen LogP contribution in [0.5, 0.6) is 0 Å². The molecule has 0 aromatic carbocycles. The Balaban J connectivity index is 2.37. The third-order valence-corrected chi connectivity index (χ3v) is 2.31. The second-order valence-corrected chi connectivity index (χ2v) is 3.91. The number of nitrogens with one attached hydrogen (secondary N) is 1. The van der Waals surface area contributed by atoms with Crippen molar-refractivity contribution in [3.63, 3.8) is 0 Å². The molecule has 2 aromatic heterocycles. The summed E-state index contributed by atoms with van der Waals surface area (Å²) in [4.78, 5) is 19.4. The van der Waals surface area contributed by atoms with Gasteiger partial charge in [0, 0.05) is 6.20 Å². The van der Waals surface area contributed by atoms with Gasteiger partial charge < -0.3 is 16.8 Å². The van der Waals surface area contributed by atoms with Gasteiger partial charge in [0.15, 0.2) is 0 Å². The lowest BCUT2D eigenvalue weighted by Gasteiger charge is -2.09. The van der Waals surface area contributed by atoms with Crippen LogP contribution in [0.3, 0.4) is 0 Å². The number of carbonyl (C=O) groups is 1. The maximum Gasteiger partial charge on any atom is 0.252 e. The average Bonchev–Trinajstić information content (AvgIpc) is 2.31. The van der Waals surface area contributed by atoms with Gasteiger partial charge in [-0.2, -0.15) is 0 Å². The largest absolute Gasteiger partial charge is 0.397 e. The molecule has 0 saturated heterocycles. The number of nitrogens with two attached hydrogens (primary N) is 2. The minimum absolute atomic E-state index is 0.247. The van der Waals surface area contributed by atoms with E-state index in [1.54, 1.807) is 12.4 Å². The molecule has 0 unspecified atom stereocenters. The zero-order valence-corrected chi connectivity index (χ0v) is 9.84. The summed E-state index contributed by atoms with van der Waals surface area (Å²) < 4.78 is 0. The SMILES string of the molecule is Cc1cncc(Nc2ncc(N)cc2C(N)=O)c1. The summed E-state index contributed by atoms with van der Waals surface area (Å²) in [6.45, 7) is 1.92. The van der Waals surface area contributed by atoms with Crippen molar-refractivity contribution < 1.29 is 4.79 Å². The second-order valence-electron chi connectivity index (χ2n) is 3.91. The Hall–Kier alpha value is -2.63. The zero-order chi connectivity index (χ0) is 13.1. The summed E-state index contributed by atoms with van der Waals surface area (Å²) in [5.74, 6) is -0.220. The predicted octanol–water partition coefficient (Wildman–Crippen LogP) is 1.21. The number of amides is 1. The van der Waals surface area contributed by atoms with Gasteiger partial charge in [-0.3, -0.25) is 9.78 Å². The lowest BCUT2D eigenvalue weighted by molar-refractivity contribution is 0.100. The Morgan fingerprint density at radius 2 is 2.06 bits per heavy atom. The Bertz CT molecular complexity index is 597. The molecule has 0 atom stereocenters. The molecule has 0 spiro atoms. The van der Waals surface area contributed by atoms with Gasteiger partial charge in [-0.25, -0.2) is 4.98 Å². The summed E-state index contributed by atoms with van der Waals surface area (Å²) in [5.41, 5.74) is 13.2. The Morgan fingerprint density at radius 3 is 2.72 bits per heavy atom. The number of nitrogen functional groups attached to an aromatic ring is 1. The van der Waals surface area contributed by atoms with Crippen LogP contribution < -0.4 is 16.8 Å². The second kappa shape index (κ2) is 4.70. The lowest BCUT2D eigenvalue weighted by atomic mass is 10.2. The third-order valence-electron chi connectivity index (χ3n) is 2.31. The normalized spacial score (nSPS) is 10.1. The van der Waals surface area contributed by atoms with E-state index in [0.29, 0.717) is 11.5 Å². The molecule has 0 bridgehead atoms. The van der Waals surface area contributed by atoms with E-state index < -0.39 is 5.91 Å². The van der Waals surface area contributed by atoms with Crippen molar-refractivity contribution in [2.45, 2.75) is 6.92 Å². The summed E-state index contributed by atoms with van der Waals surface area (Å²) in [6, 6.07) is 3.37. The van der Waals surface area contributed by atoms with Gasteiger partial charge in [-0.15, -0.1) is 0 Å². The fourth-order valence-corrected chi connectivity index (χ4v) is 1.53. The van der Waals surface area contributed by atoms with Crippen LogP contribution in [-0.4, -0.2) is 15.9 Å². The van der Waals surface area contributed by atoms with Crippen LogP contribution in [0.25, 0.3) is 0 Å². The molecule has 6 heteroatoms. The minimum Gasteiger partial charge on any atom is -0.397 e. The first kappa shape index (κ1) is 11.8. The third kappa shape index (κ3) is 2.54. The summed E-state index contributed by atoms with van der Waals surface area (Å²) >= 11 is 0. The first-order chi connectivity index (χ1) is 8.56. The van der Waals surface area contributed by atoms with Gasteiger partial charge in [-0.05, 0) is 24.6 Å². The summed E-state index contributed by atoms with van der Waals surface area (Å²) in [5, 5.41) is 2.99. The quantitative estimate of drug-likeness (QED) is 0.751. The molecule has 0 aliphatic carbocycles. The van der Waals surface area contributed by atoms with Gasteiger partial charge in [0.2, 0.25) is 0 Å². The number of carbonyl (C=O) groups excluding carboxylic acids is 1. The first-order valence-corrected chi connectivity index (χ1v) is 5.30. The number of rotatable bonds is 3. The van der Waals surface area contributed by atoms with Gasteiger partial charge >= 0.3 is 0 Å². The van der Waals surface area contributed by atoms with Crippen LogP contribution in [-0.2, 0) is 0 Å². The molecule has 2 rings (SSSR count). The molecule has 18 heavy (non-hydrogen) atoms. The van der Waals surface area contributed by atoms with Crippen molar-refractivity contribution in [3.8, 4) is 0 Å².